The molecule has 0 aromatic heterocycles. The number of nitrogens with two attached hydrogens (primary N) is 2. The van der Waals surface area contributed by atoms with Gasteiger partial charge in [-0.05, 0) is 17.7 Å². The van der Waals surface area contributed by atoms with Gasteiger partial charge in [0.2, 0.25) is 0 Å². The molecule has 4 N–H and O–H groups in total. The van der Waals surface area contributed by atoms with E-state index >= 15 is 0 Å². The molecule has 0 fully saturated rings. The van der Waals surface area contributed by atoms with E-state index in [0.29, 0.717) is 12.3 Å². The van der Waals surface area contributed by atoms with Gasteiger partial charge in [0.05, 0.1) is 0 Å². The molecule has 0 bridgehead atoms. The van der Waals surface area contributed by atoms with Crippen molar-refractivity contribution in [2.24, 2.45) is 11.5 Å². The Labute approximate surface area is 82.8 Å². The first kappa shape index (κ1) is 10.7. The first-order valence-electron chi connectivity index (χ1n) is 4.37. The Bertz CT molecular complexity index is 308. The van der Waals surface area contributed by atoms with Gasteiger partial charge >= 0.3 is 5.97 Å². The topological polar surface area (TPSA) is 78.3 Å². The highest BCUT2D eigenvalue weighted by atomic mass is 16.5. The number of carbonyl (C=O) groups is 1. The molecule has 4 heteroatoms. The Morgan fingerprint density at radius 3 is 2.43 bits per heavy atom. The molecule has 76 valence electrons. The summed E-state index contributed by atoms with van der Waals surface area (Å²) in [5.74, 6) is 0.186. The fourth-order valence-corrected chi connectivity index (χ4v) is 1.09. The van der Waals surface area contributed by atoms with Crippen molar-refractivity contribution in [2.75, 3.05) is 6.54 Å². The molecule has 0 aliphatic heterocycles. The van der Waals surface area contributed by atoms with Crippen LogP contribution in [0, 0.1) is 0 Å². The lowest BCUT2D eigenvalue weighted by molar-refractivity contribution is -0.131. The summed E-state index contributed by atoms with van der Waals surface area (Å²) in [6, 6.07) is 6.84. The van der Waals surface area contributed by atoms with Crippen LogP contribution in [-0.2, 0) is 4.79 Å². The first-order valence-corrected chi connectivity index (χ1v) is 4.37. The molecule has 0 spiro atoms. The zero-order chi connectivity index (χ0) is 10.6. The maximum absolute atomic E-state index is 10.6. The summed E-state index contributed by atoms with van der Waals surface area (Å²) in [6.45, 7) is 1.76. The van der Waals surface area contributed by atoms with Gasteiger partial charge in [0.1, 0.15) is 5.75 Å². The molecule has 0 heterocycles. The molecule has 1 aromatic carbocycles. The van der Waals surface area contributed by atoms with Crippen LogP contribution >= 0.6 is 0 Å². The van der Waals surface area contributed by atoms with Crippen molar-refractivity contribution < 1.29 is 9.53 Å². The molecule has 4 nitrogen and oxygen atoms in total. The van der Waals surface area contributed by atoms with Crippen molar-refractivity contribution in [3.8, 4) is 5.75 Å². The quantitative estimate of drug-likeness (QED) is 0.544. The molecule has 0 amide bonds. The Morgan fingerprint density at radius 2 is 2.00 bits per heavy atom. The number of ether oxygens (including phenoxy) is 1. The van der Waals surface area contributed by atoms with Crippen molar-refractivity contribution >= 4 is 5.97 Å². The van der Waals surface area contributed by atoms with Crippen LogP contribution in [0.4, 0.5) is 0 Å². The molecule has 1 aromatic rings. The van der Waals surface area contributed by atoms with Crippen LogP contribution in [0.25, 0.3) is 0 Å². The van der Waals surface area contributed by atoms with E-state index < -0.39 is 0 Å². The lowest BCUT2D eigenvalue weighted by Gasteiger charge is -2.09. The Kier molecular flexibility index (Phi) is 3.62. The molecule has 0 aliphatic carbocycles. The van der Waals surface area contributed by atoms with E-state index in [1.807, 2.05) is 0 Å². The SMILES string of the molecule is CC(=O)Oc1ccc([C@H](N)CN)cc1. The van der Waals surface area contributed by atoms with Crippen LogP contribution in [-0.4, -0.2) is 12.5 Å². The van der Waals surface area contributed by atoms with Gasteiger partial charge in [-0.15, -0.1) is 0 Å². The van der Waals surface area contributed by atoms with Gasteiger partial charge < -0.3 is 16.2 Å². The maximum atomic E-state index is 10.6. The second-order valence-electron chi connectivity index (χ2n) is 3.00. The molecule has 0 saturated heterocycles. The molecular weight excluding hydrogens is 180 g/mol. The van der Waals surface area contributed by atoms with Gasteiger partial charge in [0, 0.05) is 19.5 Å². The molecular formula is C10H14N2O2. The number of esters is 1. The number of hydrogen-bond donors (Lipinski definition) is 2. The Hall–Kier alpha value is -1.39. The van der Waals surface area contributed by atoms with Crippen LogP contribution in [0.15, 0.2) is 24.3 Å². The summed E-state index contributed by atoms with van der Waals surface area (Å²) in [5, 5.41) is 0. The molecule has 1 atom stereocenters. The van der Waals surface area contributed by atoms with Crippen molar-refractivity contribution in [1.82, 2.24) is 0 Å². The summed E-state index contributed by atoms with van der Waals surface area (Å²) < 4.78 is 4.87. The van der Waals surface area contributed by atoms with E-state index in [1.54, 1.807) is 24.3 Å². The maximum Gasteiger partial charge on any atom is 0.308 e. The van der Waals surface area contributed by atoms with E-state index in [1.165, 1.54) is 6.92 Å². The molecule has 0 saturated carbocycles. The van der Waals surface area contributed by atoms with Crippen LogP contribution < -0.4 is 16.2 Å². The minimum atomic E-state index is -0.333. The predicted molar refractivity (Wildman–Crippen MR) is 53.7 cm³/mol. The normalized spacial score (nSPS) is 12.2. The van der Waals surface area contributed by atoms with E-state index in [-0.39, 0.29) is 12.0 Å². The van der Waals surface area contributed by atoms with Crippen LogP contribution in [0.3, 0.4) is 0 Å². The highest BCUT2D eigenvalue weighted by Gasteiger charge is 2.03. The smallest absolute Gasteiger partial charge is 0.308 e. The van der Waals surface area contributed by atoms with Crippen LogP contribution in [0.1, 0.15) is 18.5 Å². The molecule has 0 aliphatic rings. The average molecular weight is 194 g/mol. The third kappa shape index (κ3) is 2.83. The van der Waals surface area contributed by atoms with Crippen molar-refractivity contribution in [2.45, 2.75) is 13.0 Å². The second-order valence-corrected chi connectivity index (χ2v) is 3.00. The van der Waals surface area contributed by atoms with Gasteiger partial charge in [-0.3, -0.25) is 4.79 Å². The zero-order valence-electron chi connectivity index (χ0n) is 8.07. The fourth-order valence-electron chi connectivity index (χ4n) is 1.09. The second kappa shape index (κ2) is 4.74. The standard InChI is InChI=1S/C10H14N2O2/c1-7(13)14-9-4-2-8(3-5-9)10(12)6-11/h2-5,10H,6,11-12H2,1H3/t10-/m1/s1. The summed E-state index contributed by atoms with van der Waals surface area (Å²) in [4.78, 5) is 10.6. The van der Waals surface area contributed by atoms with E-state index in [4.69, 9.17) is 16.2 Å². The molecule has 0 unspecified atom stereocenters. The summed E-state index contributed by atoms with van der Waals surface area (Å²) >= 11 is 0. The fraction of sp³-hybridized carbons (Fsp3) is 0.300. The van der Waals surface area contributed by atoms with Crippen molar-refractivity contribution in [1.29, 1.82) is 0 Å². The summed E-state index contributed by atoms with van der Waals surface area (Å²) in [5.41, 5.74) is 12.1. The van der Waals surface area contributed by atoms with Crippen LogP contribution in [0.5, 0.6) is 5.75 Å². The number of benzene rings is 1. The zero-order valence-corrected chi connectivity index (χ0v) is 8.07. The van der Waals surface area contributed by atoms with E-state index in [0.717, 1.165) is 5.56 Å². The predicted octanol–water partition coefficient (Wildman–Crippen LogP) is 0.570. The number of carbonyl (C=O) groups excluding carboxylic acids is 1. The lowest BCUT2D eigenvalue weighted by Crippen LogP contribution is -2.20. The number of rotatable bonds is 3. The summed E-state index contributed by atoms with van der Waals surface area (Å²) in [6.07, 6.45) is 0. The van der Waals surface area contributed by atoms with Crippen LogP contribution in [0.2, 0.25) is 0 Å². The summed E-state index contributed by atoms with van der Waals surface area (Å²) in [7, 11) is 0. The van der Waals surface area contributed by atoms with Gasteiger partial charge in [-0.2, -0.15) is 0 Å². The molecule has 0 radical (unpaired) electrons. The van der Waals surface area contributed by atoms with Gasteiger partial charge in [0.15, 0.2) is 0 Å². The highest BCUT2D eigenvalue weighted by molar-refractivity contribution is 5.69. The van der Waals surface area contributed by atoms with Gasteiger partial charge in [-0.25, -0.2) is 0 Å². The minimum Gasteiger partial charge on any atom is -0.427 e. The molecule has 14 heavy (non-hydrogen) atoms. The lowest BCUT2D eigenvalue weighted by atomic mass is 10.1. The minimum absolute atomic E-state index is 0.165. The van der Waals surface area contributed by atoms with Crippen molar-refractivity contribution in [3.63, 3.8) is 0 Å². The largest absolute Gasteiger partial charge is 0.427 e. The third-order valence-electron chi connectivity index (χ3n) is 1.82. The van der Waals surface area contributed by atoms with E-state index in [9.17, 15) is 4.79 Å². The molecule has 1 rings (SSSR count). The van der Waals surface area contributed by atoms with Gasteiger partial charge in [0.25, 0.3) is 0 Å². The highest BCUT2D eigenvalue weighted by Crippen LogP contribution is 2.15. The Balaban J connectivity index is 2.73. The first-order chi connectivity index (χ1) is 6.63. The number of hydrogen-bond acceptors (Lipinski definition) is 4. The third-order valence-corrected chi connectivity index (χ3v) is 1.82. The monoisotopic (exact) mass is 194 g/mol. The van der Waals surface area contributed by atoms with Gasteiger partial charge in [-0.1, -0.05) is 12.1 Å². The Morgan fingerprint density at radius 1 is 1.43 bits per heavy atom. The van der Waals surface area contributed by atoms with Crippen molar-refractivity contribution in [3.05, 3.63) is 29.8 Å². The van der Waals surface area contributed by atoms with E-state index in [2.05, 4.69) is 0 Å². The average Bonchev–Trinajstić information content (AvgIpc) is 2.17.